The maximum Gasteiger partial charge on any atom is 0.115 e. The number of rotatable bonds is 3. The molecule has 0 unspecified atom stereocenters. The molecule has 0 spiro atoms. The molecule has 1 rings (SSSR count). The van der Waals surface area contributed by atoms with Crippen LogP contribution in [0.4, 0.5) is 0 Å². The average molecular weight is 255 g/mol. The van der Waals surface area contributed by atoms with Gasteiger partial charge in [0.15, 0.2) is 0 Å². The first kappa shape index (κ1) is 12.9. The van der Waals surface area contributed by atoms with Crippen molar-refractivity contribution in [2.24, 2.45) is 0 Å². The highest BCUT2D eigenvalue weighted by Crippen LogP contribution is 2.31. The number of aromatic hydroxyl groups is 1. The molecular weight excluding hydrogens is 243 g/mol. The number of hydrogen-bond acceptors (Lipinski definition) is 1. The summed E-state index contributed by atoms with van der Waals surface area (Å²) >= 11 is 11.7. The monoisotopic (exact) mass is 254 g/mol. The average Bonchev–Trinajstić information content (AvgIpc) is 2.21. The van der Waals surface area contributed by atoms with Crippen LogP contribution in [-0.4, -0.2) is 5.11 Å². The molecule has 0 fully saturated rings. The van der Waals surface area contributed by atoms with Gasteiger partial charge >= 0.3 is 0 Å². The SMILES string of the molecule is C=C(C=CC)C(=C(Cl)Cl)c1ccc(O)cc1. The third-order valence-electron chi connectivity index (χ3n) is 2.03. The van der Waals surface area contributed by atoms with E-state index >= 15 is 0 Å². The van der Waals surface area contributed by atoms with Crippen LogP contribution in [0.5, 0.6) is 5.75 Å². The van der Waals surface area contributed by atoms with Crippen LogP contribution in [0.15, 0.2) is 53.1 Å². The third-order valence-corrected chi connectivity index (χ3v) is 2.41. The van der Waals surface area contributed by atoms with E-state index in [4.69, 9.17) is 23.2 Å². The standard InChI is InChI=1S/C13H12Cl2O/c1-3-4-9(2)12(13(14)15)10-5-7-11(16)8-6-10/h3-8,16H,2H2,1H3. The van der Waals surface area contributed by atoms with Gasteiger partial charge in [-0.05, 0) is 30.2 Å². The van der Waals surface area contributed by atoms with Gasteiger partial charge in [-0.1, -0.05) is 54.1 Å². The van der Waals surface area contributed by atoms with Crippen LogP contribution in [0, 0.1) is 0 Å². The molecule has 1 nitrogen and oxygen atoms in total. The molecule has 1 N–H and O–H groups in total. The first-order chi connectivity index (χ1) is 7.56. The minimum absolute atomic E-state index is 0.161. The lowest BCUT2D eigenvalue weighted by Crippen LogP contribution is -1.87. The van der Waals surface area contributed by atoms with Crippen molar-refractivity contribution in [2.45, 2.75) is 6.92 Å². The fraction of sp³-hybridized carbons (Fsp3) is 0.0769. The minimum Gasteiger partial charge on any atom is -0.508 e. The van der Waals surface area contributed by atoms with Crippen molar-refractivity contribution < 1.29 is 5.11 Å². The van der Waals surface area contributed by atoms with E-state index in [1.54, 1.807) is 24.3 Å². The highest BCUT2D eigenvalue weighted by Gasteiger charge is 2.08. The van der Waals surface area contributed by atoms with Crippen LogP contribution >= 0.6 is 23.2 Å². The number of hydrogen-bond donors (Lipinski definition) is 1. The van der Waals surface area contributed by atoms with Crippen LogP contribution in [0.2, 0.25) is 0 Å². The van der Waals surface area contributed by atoms with E-state index in [-0.39, 0.29) is 10.2 Å². The summed E-state index contributed by atoms with van der Waals surface area (Å²) in [6, 6.07) is 6.64. The molecule has 1 aromatic rings. The van der Waals surface area contributed by atoms with Crippen LogP contribution in [-0.2, 0) is 0 Å². The molecule has 0 aliphatic rings. The predicted octanol–water partition coefficient (Wildman–Crippen LogP) is 4.67. The van der Waals surface area contributed by atoms with Crippen LogP contribution < -0.4 is 0 Å². The number of halogens is 2. The van der Waals surface area contributed by atoms with E-state index in [0.717, 1.165) is 11.1 Å². The van der Waals surface area contributed by atoms with Crippen LogP contribution in [0.25, 0.3) is 5.57 Å². The Morgan fingerprint density at radius 1 is 1.25 bits per heavy atom. The second kappa shape index (κ2) is 5.78. The highest BCUT2D eigenvalue weighted by atomic mass is 35.5. The van der Waals surface area contributed by atoms with Gasteiger partial charge in [0.1, 0.15) is 10.2 Å². The molecule has 0 aliphatic heterocycles. The number of phenolic OH excluding ortho intramolecular Hbond substituents is 1. The first-order valence-corrected chi connectivity index (χ1v) is 5.48. The molecule has 0 aromatic heterocycles. The third kappa shape index (κ3) is 3.16. The summed E-state index contributed by atoms with van der Waals surface area (Å²) in [6.45, 7) is 5.78. The van der Waals surface area contributed by atoms with E-state index in [1.165, 1.54) is 0 Å². The van der Waals surface area contributed by atoms with Gasteiger partial charge in [0, 0.05) is 5.57 Å². The van der Waals surface area contributed by atoms with Crippen LogP contribution in [0.1, 0.15) is 12.5 Å². The second-order valence-corrected chi connectivity index (χ2v) is 4.16. The molecule has 84 valence electrons. The van der Waals surface area contributed by atoms with Crippen molar-refractivity contribution in [3.05, 3.63) is 58.6 Å². The lowest BCUT2D eigenvalue weighted by molar-refractivity contribution is 0.475. The summed E-state index contributed by atoms with van der Waals surface area (Å²) in [5.41, 5.74) is 2.22. The Bertz CT molecular complexity index is 438. The maximum atomic E-state index is 9.20. The molecule has 0 bridgehead atoms. The zero-order valence-electron chi connectivity index (χ0n) is 8.87. The summed E-state index contributed by atoms with van der Waals surface area (Å²) in [5.74, 6) is 0.199. The number of phenols is 1. The Morgan fingerprint density at radius 3 is 2.25 bits per heavy atom. The van der Waals surface area contributed by atoms with Crippen molar-refractivity contribution in [1.29, 1.82) is 0 Å². The fourth-order valence-electron chi connectivity index (χ4n) is 1.33. The van der Waals surface area contributed by atoms with Crippen molar-refractivity contribution in [1.82, 2.24) is 0 Å². The largest absolute Gasteiger partial charge is 0.508 e. The van der Waals surface area contributed by atoms with Crippen molar-refractivity contribution >= 4 is 28.8 Å². The summed E-state index contributed by atoms with van der Waals surface area (Å²) in [5, 5.41) is 9.20. The molecule has 0 heterocycles. The molecule has 0 radical (unpaired) electrons. The molecule has 3 heteroatoms. The number of allylic oxidation sites excluding steroid dienone is 4. The van der Waals surface area contributed by atoms with Crippen molar-refractivity contribution in [3.8, 4) is 5.75 Å². The summed E-state index contributed by atoms with van der Waals surface area (Å²) < 4.78 is 0.161. The summed E-state index contributed by atoms with van der Waals surface area (Å²) in [7, 11) is 0. The van der Waals surface area contributed by atoms with Gasteiger partial charge in [-0.25, -0.2) is 0 Å². The second-order valence-electron chi connectivity index (χ2n) is 3.21. The van der Waals surface area contributed by atoms with Gasteiger partial charge in [0.05, 0.1) is 0 Å². The molecule has 0 saturated carbocycles. The van der Waals surface area contributed by atoms with E-state index in [1.807, 2.05) is 19.1 Å². The van der Waals surface area contributed by atoms with Gasteiger partial charge in [-0.15, -0.1) is 0 Å². The fourth-order valence-corrected chi connectivity index (χ4v) is 1.79. The number of benzene rings is 1. The Labute approximate surface area is 105 Å². The van der Waals surface area contributed by atoms with Crippen molar-refractivity contribution in [2.75, 3.05) is 0 Å². The van der Waals surface area contributed by atoms with Crippen LogP contribution in [0.3, 0.4) is 0 Å². The molecule has 0 aliphatic carbocycles. The zero-order chi connectivity index (χ0) is 12.1. The normalized spacial score (nSPS) is 10.4. The Kier molecular flexibility index (Phi) is 4.66. The molecule has 16 heavy (non-hydrogen) atoms. The van der Waals surface area contributed by atoms with E-state index < -0.39 is 0 Å². The lowest BCUT2D eigenvalue weighted by atomic mass is 10.0. The molecule has 0 saturated heterocycles. The predicted molar refractivity (Wildman–Crippen MR) is 70.7 cm³/mol. The molecular formula is C13H12Cl2O. The summed E-state index contributed by atoms with van der Waals surface area (Å²) in [4.78, 5) is 0. The first-order valence-electron chi connectivity index (χ1n) is 4.73. The molecule has 0 amide bonds. The molecule has 1 aromatic carbocycles. The smallest absolute Gasteiger partial charge is 0.115 e. The molecule has 0 atom stereocenters. The van der Waals surface area contributed by atoms with Gasteiger partial charge < -0.3 is 5.11 Å². The Balaban J connectivity index is 3.20. The van der Waals surface area contributed by atoms with Crippen molar-refractivity contribution in [3.63, 3.8) is 0 Å². The van der Waals surface area contributed by atoms with E-state index in [2.05, 4.69) is 6.58 Å². The van der Waals surface area contributed by atoms with E-state index in [9.17, 15) is 5.11 Å². The topological polar surface area (TPSA) is 20.2 Å². The highest BCUT2D eigenvalue weighted by molar-refractivity contribution is 6.59. The Morgan fingerprint density at radius 2 is 1.81 bits per heavy atom. The lowest BCUT2D eigenvalue weighted by Gasteiger charge is -2.08. The van der Waals surface area contributed by atoms with Gasteiger partial charge in [0.2, 0.25) is 0 Å². The Hall–Kier alpha value is -1.18. The quantitative estimate of drug-likeness (QED) is 0.778. The van der Waals surface area contributed by atoms with E-state index in [0.29, 0.717) is 5.57 Å². The van der Waals surface area contributed by atoms with Gasteiger partial charge in [-0.3, -0.25) is 0 Å². The maximum absolute atomic E-state index is 9.20. The summed E-state index contributed by atoms with van der Waals surface area (Å²) in [6.07, 6.45) is 3.69. The van der Waals surface area contributed by atoms with Gasteiger partial charge in [-0.2, -0.15) is 0 Å². The van der Waals surface area contributed by atoms with Gasteiger partial charge in [0.25, 0.3) is 0 Å². The minimum atomic E-state index is 0.161. The zero-order valence-corrected chi connectivity index (χ0v) is 10.4.